The summed E-state index contributed by atoms with van der Waals surface area (Å²) in [6, 6.07) is 17.2. The van der Waals surface area contributed by atoms with Crippen molar-refractivity contribution >= 4 is 21.7 Å². The fraction of sp³-hybridized carbons (Fsp3) is 0.273. The zero-order valence-corrected chi connectivity index (χ0v) is 16.9. The van der Waals surface area contributed by atoms with Crippen molar-refractivity contribution in [1.29, 1.82) is 0 Å². The summed E-state index contributed by atoms with van der Waals surface area (Å²) in [6.07, 6.45) is 1.28. The Morgan fingerprint density at radius 1 is 1.10 bits per heavy atom. The number of esters is 1. The molecule has 1 amide bonds. The first-order valence-corrected chi connectivity index (χ1v) is 10.9. The highest BCUT2D eigenvalue weighted by Crippen LogP contribution is 2.27. The minimum Gasteiger partial charge on any atom is -0.460 e. The minimum atomic E-state index is -3.57. The van der Waals surface area contributed by atoms with E-state index in [0.717, 1.165) is 11.0 Å². The Kier molecular flexibility index (Phi) is 6.49. The molecule has 0 aliphatic carbocycles. The third kappa shape index (κ3) is 5.32. The van der Waals surface area contributed by atoms with Crippen LogP contribution in [-0.2, 0) is 30.7 Å². The third-order valence-electron chi connectivity index (χ3n) is 4.76. The van der Waals surface area contributed by atoms with Crippen molar-refractivity contribution < 1.29 is 22.7 Å². The van der Waals surface area contributed by atoms with Crippen molar-refractivity contribution in [3.05, 3.63) is 77.7 Å². The van der Waals surface area contributed by atoms with Gasteiger partial charge in [0.1, 0.15) is 6.10 Å². The maximum atomic E-state index is 12.6. The van der Waals surface area contributed by atoms with Crippen LogP contribution in [0, 0.1) is 0 Å². The van der Waals surface area contributed by atoms with E-state index in [2.05, 4.69) is 0 Å². The van der Waals surface area contributed by atoms with Crippen molar-refractivity contribution in [3.63, 3.8) is 0 Å². The predicted molar refractivity (Wildman–Crippen MR) is 108 cm³/mol. The molecule has 2 aromatic rings. The Balaban J connectivity index is 1.79. The normalized spacial score (nSPS) is 19.6. The molecule has 3 rings (SSSR count). The Hall–Kier alpha value is -2.93. The van der Waals surface area contributed by atoms with Gasteiger partial charge >= 0.3 is 5.97 Å². The van der Waals surface area contributed by atoms with E-state index in [0.29, 0.717) is 6.54 Å². The second-order valence-electron chi connectivity index (χ2n) is 6.89. The van der Waals surface area contributed by atoms with Gasteiger partial charge in [-0.05, 0) is 24.1 Å². The second-order valence-corrected chi connectivity index (χ2v) is 8.73. The summed E-state index contributed by atoms with van der Waals surface area (Å²) < 4.78 is 30.2. The second kappa shape index (κ2) is 9.05. The first-order valence-electron chi connectivity index (χ1n) is 9.34. The lowest BCUT2D eigenvalue weighted by molar-refractivity contribution is -0.147. The van der Waals surface area contributed by atoms with Crippen LogP contribution in [0.3, 0.4) is 0 Å². The highest BCUT2D eigenvalue weighted by Gasteiger charge is 2.41. The van der Waals surface area contributed by atoms with Crippen molar-refractivity contribution in [2.75, 3.05) is 0 Å². The number of sulfone groups is 1. The monoisotopic (exact) mass is 413 g/mol. The summed E-state index contributed by atoms with van der Waals surface area (Å²) in [5.74, 6) is -0.584. The zero-order chi connectivity index (χ0) is 20.9. The smallest absolute Gasteiger partial charge is 0.302 e. The maximum Gasteiger partial charge on any atom is 0.302 e. The summed E-state index contributed by atoms with van der Waals surface area (Å²) in [5, 5.41) is 1.15. The Morgan fingerprint density at radius 2 is 1.72 bits per heavy atom. The molecule has 1 aliphatic rings. The highest BCUT2D eigenvalue weighted by molar-refractivity contribution is 7.94. The number of likely N-dealkylation sites (tertiary alicyclic amines) is 1. The Morgan fingerprint density at radius 3 is 2.34 bits per heavy atom. The van der Waals surface area contributed by atoms with Gasteiger partial charge in [0, 0.05) is 18.9 Å². The lowest BCUT2D eigenvalue weighted by atomic mass is 10.1. The quantitative estimate of drug-likeness (QED) is 0.652. The molecule has 152 valence electrons. The van der Waals surface area contributed by atoms with Gasteiger partial charge in [0.2, 0.25) is 5.91 Å². The summed E-state index contributed by atoms with van der Waals surface area (Å²) in [7, 11) is -3.57. The van der Waals surface area contributed by atoms with Crippen LogP contribution in [0.5, 0.6) is 0 Å². The summed E-state index contributed by atoms with van der Waals surface area (Å²) in [5.41, 5.74) is 0.954. The molecule has 1 heterocycles. The Labute approximate surface area is 170 Å². The fourth-order valence-electron chi connectivity index (χ4n) is 3.42. The topological polar surface area (TPSA) is 80.8 Å². The predicted octanol–water partition coefficient (Wildman–Crippen LogP) is 3.10. The maximum absolute atomic E-state index is 12.6. The molecule has 1 saturated heterocycles. The van der Waals surface area contributed by atoms with E-state index in [1.165, 1.54) is 25.1 Å². The fourth-order valence-corrected chi connectivity index (χ4v) is 4.48. The van der Waals surface area contributed by atoms with Gasteiger partial charge < -0.3 is 9.64 Å². The van der Waals surface area contributed by atoms with Gasteiger partial charge in [-0.15, -0.1) is 0 Å². The van der Waals surface area contributed by atoms with E-state index in [9.17, 15) is 18.0 Å². The third-order valence-corrected chi connectivity index (χ3v) is 6.24. The first-order chi connectivity index (χ1) is 13.9. The van der Waals surface area contributed by atoms with Crippen LogP contribution in [0.25, 0.3) is 0 Å². The van der Waals surface area contributed by atoms with Crippen molar-refractivity contribution in [1.82, 2.24) is 4.90 Å². The lowest BCUT2D eigenvalue weighted by Crippen LogP contribution is -2.37. The number of hydrogen-bond donors (Lipinski definition) is 0. The highest BCUT2D eigenvalue weighted by atomic mass is 32.2. The first kappa shape index (κ1) is 20.8. The van der Waals surface area contributed by atoms with Crippen LogP contribution >= 0.6 is 0 Å². The van der Waals surface area contributed by atoms with Crippen LogP contribution in [0.15, 0.2) is 77.0 Å². The van der Waals surface area contributed by atoms with E-state index in [1.54, 1.807) is 23.1 Å². The van der Waals surface area contributed by atoms with Gasteiger partial charge in [-0.25, -0.2) is 8.42 Å². The van der Waals surface area contributed by atoms with Crippen LogP contribution in [0.4, 0.5) is 0 Å². The minimum absolute atomic E-state index is 0.0936. The number of carbonyl (C=O) groups excluding carboxylic acids is 2. The molecule has 1 fully saturated rings. The molecule has 0 spiro atoms. The molecule has 0 N–H and O–H groups in total. The molecule has 0 unspecified atom stereocenters. The number of amides is 1. The molecule has 2 atom stereocenters. The average molecular weight is 413 g/mol. The zero-order valence-electron chi connectivity index (χ0n) is 16.1. The van der Waals surface area contributed by atoms with Crippen LogP contribution in [0.2, 0.25) is 0 Å². The number of benzene rings is 2. The molecular formula is C22H23NO5S. The molecule has 1 aliphatic heterocycles. The molecule has 7 heteroatoms. The molecule has 29 heavy (non-hydrogen) atoms. The largest absolute Gasteiger partial charge is 0.460 e. The number of carbonyl (C=O) groups is 2. The van der Waals surface area contributed by atoms with Gasteiger partial charge in [-0.1, -0.05) is 54.6 Å². The van der Waals surface area contributed by atoms with Crippen molar-refractivity contribution in [3.8, 4) is 0 Å². The van der Waals surface area contributed by atoms with Crippen LogP contribution in [-0.4, -0.2) is 37.3 Å². The van der Waals surface area contributed by atoms with Gasteiger partial charge in [-0.2, -0.15) is 0 Å². The number of rotatable bonds is 7. The Bertz CT molecular complexity index is 986. The number of ether oxygens (including phenoxy) is 1. The van der Waals surface area contributed by atoms with E-state index in [1.807, 2.05) is 30.3 Å². The standard InChI is InChI=1S/C22H23NO5S/c1-17(24)28-21-15-22(25)23(16-18-9-4-2-5-10-18)20(21)13-8-14-29(26,27)19-11-6-3-7-12-19/h2-12,14,20-21H,13,15-16H2,1H3/b14-8+/t20-,21-/m0/s1. The molecule has 0 bridgehead atoms. The van der Waals surface area contributed by atoms with E-state index < -0.39 is 28.0 Å². The van der Waals surface area contributed by atoms with Crippen LogP contribution in [0.1, 0.15) is 25.3 Å². The summed E-state index contributed by atoms with van der Waals surface area (Å²) in [4.78, 5) is 25.9. The summed E-state index contributed by atoms with van der Waals surface area (Å²) in [6.45, 7) is 1.68. The van der Waals surface area contributed by atoms with Crippen LogP contribution < -0.4 is 0 Å². The number of hydrogen-bond acceptors (Lipinski definition) is 5. The molecule has 0 saturated carbocycles. The van der Waals surface area contributed by atoms with E-state index in [-0.39, 0.29) is 23.6 Å². The molecule has 6 nitrogen and oxygen atoms in total. The van der Waals surface area contributed by atoms with Gasteiger partial charge in [0.25, 0.3) is 0 Å². The average Bonchev–Trinajstić information content (AvgIpc) is 2.97. The molecule has 0 aromatic heterocycles. The lowest BCUT2D eigenvalue weighted by Gasteiger charge is -2.27. The van der Waals surface area contributed by atoms with Gasteiger partial charge in [0.05, 0.1) is 17.4 Å². The summed E-state index contributed by atoms with van der Waals surface area (Å²) >= 11 is 0. The van der Waals surface area contributed by atoms with E-state index >= 15 is 0 Å². The molecule has 0 radical (unpaired) electrons. The number of nitrogens with zero attached hydrogens (tertiary/aromatic N) is 1. The van der Waals surface area contributed by atoms with E-state index in [4.69, 9.17) is 4.74 Å². The molecular weight excluding hydrogens is 390 g/mol. The van der Waals surface area contributed by atoms with Crippen molar-refractivity contribution in [2.24, 2.45) is 0 Å². The van der Waals surface area contributed by atoms with Gasteiger partial charge in [-0.3, -0.25) is 9.59 Å². The molecule has 2 aromatic carbocycles. The van der Waals surface area contributed by atoms with Crippen molar-refractivity contribution in [2.45, 2.75) is 43.4 Å². The van der Waals surface area contributed by atoms with Gasteiger partial charge in [0.15, 0.2) is 9.84 Å². The SMILES string of the molecule is CC(=O)O[C@H]1CC(=O)N(Cc2ccccc2)[C@H]1C/C=C/S(=O)(=O)c1ccccc1.